The highest BCUT2D eigenvalue weighted by atomic mass is 32.1. The second kappa shape index (κ2) is 6.00. The van der Waals surface area contributed by atoms with E-state index in [0.29, 0.717) is 12.0 Å². The summed E-state index contributed by atoms with van der Waals surface area (Å²) in [5, 5.41) is 10.6. The number of aliphatic hydroxyl groups is 1. The van der Waals surface area contributed by atoms with Gasteiger partial charge in [-0.3, -0.25) is 4.90 Å². The number of aliphatic hydroxyl groups excluding tert-OH is 1. The Balaban J connectivity index is 1.71. The molecule has 4 nitrogen and oxygen atoms in total. The van der Waals surface area contributed by atoms with Crippen LogP contribution < -0.4 is 4.90 Å². The van der Waals surface area contributed by atoms with Crippen LogP contribution in [0.15, 0.2) is 0 Å². The summed E-state index contributed by atoms with van der Waals surface area (Å²) in [6, 6.07) is 0.663. The largest absolute Gasteiger partial charge is 0.391 e. The van der Waals surface area contributed by atoms with Gasteiger partial charge < -0.3 is 10.0 Å². The smallest absolute Gasteiger partial charge is 0.185 e. The van der Waals surface area contributed by atoms with Crippen LogP contribution in [0.1, 0.15) is 49.6 Å². The van der Waals surface area contributed by atoms with Crippen LogP contribution in [0.4, 0.5) is 5.13 Å². The number of thiazole rings is 1. The number of hydrogen-bond donors (Lipinski definition) is 1. The normalized spacial score (nSPS) is 23.0. The lowest BCUT2D eigenvalue weighted by atomic mass is 10.2. The molecule has 2 aliphatic rings. The molecule has 0 radical (unpaired) electrons. The van der Waals surface area contributed by atoms with Crippen LogP contribution in [0.5, 0.6) is 0 Å². The maximum absolute atomic E-state index is 9.51. The molecule has 0 bridgehead atoms. The van der Waals surface area contributed by atoms with Crippen molar-refractivity contribution in [1.82, 2.24) is 9.88 Å². The van der Waals surface area contributed by atoms with Crippen molar-refractivity contribution in [2.75, 3.05) is 31.1 Å². The van der Waals surface area contributed by atoms with Crippen molar-refractivity contribution < 1.29 is 5.11 Å². The lowest BCUT2D eigenvalue weighted by Crippen LogP contribution is -2.37. The molecule has 20 heavy (non-hydrogen) atoms. The molecule has 1 aliphatic heterocycles. The van der Waals surface area contributed by atoms with E-state index in [-0.39, 0.29) is 6.61 Å². The van der Waals surface area contributed by atoms with E-state index in [4.69, 9.17) is 4.98 Å². The molecule has 0 amide bonds. The number of nitrogens with zero attached hydrogens (tertiary/aromatic N) is 3. The van der Waals surface area contributed by atoms with E-state index in [1.165, 1.54) is 25.0 Å². The predicted octanol–water partition coefficient (Wildman–Crippen LogP) is 2.43. The predicted molar refractivity (Wildman–Crippen MR) is 83.6 cm³/mol. The van der Waals surface area contributed by atoms with Crippen molar-refractivity contribution in [3.8, 4) is 0 Å². The molecule has 2 fully saturated rings. The minimum Gasteiger partial charge on any atom is -0.391 e. The van der Waals surface area contributed by atoms with Gasteiger partial charge in [0.05, 0.1) is 17.2 Å². The summed E-state index contributed by atoms with van der Waals surface area (Å²) in [6.07, 6.45) is 3.73. The first-order valence-corrected chi connectivity index (χ1v) is 8.67. The van der Waals surface area contributed by atoms with Gasteiger partial charge in [0.1, 0.15) is 0 Å². The third-order valence-corrected chi connectivity index (χ3v) is 5.70. The van der Waals surface area contributed by atoms with Gasteiger partial charge in [-0.05, 0) is 32.4 Å². The molecule has 1 aromatic heterocycles. The molecule has 5 heteroatoms. The summed E-state index contributed by atoms with van der Waals surface area (Å²) in [7, 11) is 0. The fraction of sp³-hybridized carbons (Fsp3) is 0.800. The average Bonchev–Trinajstić information content (AvgIpc) is 3.03. The first-order valence-electron chi connectivity index (χ1n) is 7.86. The zero-order chi connectivity index (χ0) is 14.1. The van der Waals surface area contributed by atoms with Gasteiger partial charge in [0.15, 0.2) is 5.13 Å². The van der Waals surface area contributed by atoms with Gasteiger partial charge in [-0.15, -0.1) is 0 Å². The van der Waals surface area contributed by atoms with Gasteiger partial charge in [0, 0.05) is 25.0 Å². The Kier molecular flexibility index (Phi) is 4.29. The highest BCUT2D eigenvalue weighted by Gasteiger charge is 2.32. The van der Waals surface area contributed by atoms with Crippen molar-refractivity contribution >= 4 is 16.5 Å². The van der Waals surface area contributed by atoms with Crippen LogP contribution in [0.2, 0.25) is 0 Å². The highest BCUT2D eigenvalue weighted by Crippen LogP contribution is 2.44. The molecular weight excluding hydrogens is 270 g/mol. The van der Waals surface area contributed by atoms with Crippen molar-refractivity contribution in [3.63, 3.8) is 0 Å². The monoisotopic (exact) mass is 295 g/mol. The quantitative estimate of drug-likeness (QED) is 0.875. The van der Waals surface area contributed by atoms with Gasteiger partial charge in [-0.25, -0.2) is 4.98 Å². The Bertz CT molecular complexity index is 454. The number of rotatable bonds is 6. The molecule has 1 atom stereocenters. The average molecular weight is 295 g/mol. The van der Waals surface area contributed by atoms with E-state index < -0.39 is 0 Å². The molecule has 1 unspecified atom stereocenters. The van der Waals surface area contributed by atoms with Gasteiger partial charge >= 0.3 is 0 Å². The molecule has 0 aromatic carbocycles. The minimum absolute atomic E-state index is 0.150. The maximum Gasteiger partial charge on any atom is 0.185 e. The van der Waals surface area contributed by atoms with E-state index >= 15 is 0 Å². The molecule has 0 spiro atoms. The van der Waals surface area contributed by atoms with E-state index in [0.717, 1.165) is 36.2 Å². The minimum atomic E-state index is 0.150. The fourth-order valence-electron chi connectivity index (χ4n) is 3.23. The molecule has 3 rings (SSSR count). The Morgan fingerprint density at radius 2 is 2.05 bits per heavy atom. The summed E-state index contributed by atoms with van der Waals surface area (Å²) in [5.41, 5.74) is 1.18. The number of hydrogen-bond acceptors (Lipinski definition) is 5. The van der Waals surface area contributed by atoms with Crippen molar-refractivity contribution in [3.05, 3.63) is 10.6 Å². The van der Waals surface area contributed by atoms with E-state index in [1.807, 2.05) is 0 Å². The summed E-state index contributed by atoms with van der Waals surface area (Å²) < 4.78 is 0. The van der Waals surface area contributed by atoms with Gasteiger partial charge in [-0.2, -0.15) is 0 Å². The number of likely N-dealkylation sites (N-methyl/N-ethyl adjacent to an activating group) is 1. The topological polar surface area (TPSA) is 39.6 Å². The summed E-state index contributed by atoms with van der Waals surface area (Å²) in [4.78, 5) is 10.9. The second-order valence-corrected chi connectivity index (χ2v) is 6.91. The standard InChI is InChI=1S/C15H25N3OS/c1-3-17(4-2)12-7-8-18(9-12)15-16-14(11-5-6-11)13(10-19)20-15/h11-12,19H,3-10H2,1-2H3. The highest BCUT2D eigenvalue weighted by molar-refractivity contribution is 7.15. The zero-order valence-electron chi connectivity index (χ0n) is 12.5. The molecule has 2 heterocycles. The molecule has 1 saturated carbocycles. The lowest BCUT2D eigenvalue weighted by molar-refractivity contribution is 0.232. The van der Waals surface area contributed by atoms with Crippen molar-refractivity contribution in [1.29, 1.82) is 0 Å². The van der Waals surface area contributed by atoms with Crippen LogP contribution >= 0.6 is 11.3 Å². The Labute approximate surface area is 125 Å². The molecule has 1 N–H and O–H groups in total. The molecule has 112 valence electrons. The summed E-state index contributed by atoms with van der Waals surface area (Å²) in [6.45, 7) is 9.07. The Hall–Kier alpha value is -0.650. The van der Waals surface area contributed by atoms with Crippen LogP contribution in [0, 0.1) is 0 Å². The van der Waals surface area contributed by atoms with Crippen LogP contribution in [0.3, 0.4) is 0 Å². The Morgan fingerprint density at radius 3 is 2.65 bits per heavy atom. The van der Waals surface area contributed by atoms with E-state index in [1.54, 1.807) is 11.3 Å². The third kappa shape index (κ3) is 2.71. The van der Waals surface area contributed by atoms with Gasteiger partial charge in [-0.1, -0.05) is 25.2 Å². The summed E-state index contributed by atoms with van der Waals surface area (Å²) >= 11 is 1.70. The van der Waals surface area contributed by atoms with Gasteiger partial charge in [0.2, 0.25) is 0 Å². The first-order chi connectivity index (χ1) is 9.76. The van der Waals surface area contributed by atoms with E-state index in [9.17, 15) is 5.11 Å². The van der Waals surface area contributed by atoms with E-state index in [2.05, 4.69) is 23.6 Å². The van der Waals surface area contributed by atoms with Crippen LogP contribution in [-0.4, -0.2) is 47.2 Å². The third-order valence-electron chi connectivity index (χ3n) is 4.59. The summed E-state index contributed by atoms with van der Waals surface area (Å²) in [5.74, 6) is 0.628. The SMILES string of the molecule is CCN(CC)C1CCN(c2nc(C3CC3)c(CO)s2)C1. The van der Waals surface area contributed by atoms with Crippen LogP contribution in [-0.2, 0) is 6.61 Å². The fourth-order valence-corrected chi connectivity index (χ4v) is 4.27. The number of aromatic nitrogens is 1. The lowest BCUT2D eigenvalue weighted by Gasteiger charge is -2.25. The van der Waals surface area contributed by atoms with Crippen molar-refractivity contribution in [2.24, 2.45) is 0 Å². The first kappa shape index (κ1) is 14.3. The van der Waals surface area contributed by atoms with Crippen LogP contribution in [0.25, 0.3) is 0 Å². The maximum atomic E-state index is 9.51. The molecule has 1 aromatic rings. The number of anilines is 1. The van der Waals surface area contributed by atoms with Crippen molar-refractivity contribution in [2.45, 2.75) is 51.7 Å². The van der Waals surface area contributed by atoms with Gasteiger partial charge in [0.25, 0.3) is 0 Å². The Morgan fingerprint density at radius 1 is 1.30 bits per heavy atom. The zero-order valence-corrected chi connectivity index (χ0v) is 13.3. The molecule has 1 saturated heterocycles. The molecular formula is C15H25N3OS. The second-order valence-electron chi connectivity index (χ2n) is 5.85. The molecule has 1 aliphatic carbocycles.